The van der Waals surface area contributed by atoms with Crippen molar-refractivity contribution in [1.82, 2.24) is 5.32 Å². The van der Waals surface area contributed by atoms with Gasteiger partial charge in [-0.3, -0.25) is 0 Å². The summed E-state index contributed by atoms with van der Waals surface area (Å²) in [6, 6.07) is 13.7. The lowest BCUT2D eigenvalue weighted by atomic mass is 10.1. The minimum Gasteiger partial charge on any atom is -0.362 e. The molecule has 23 heavy (non-hydrogen) atoms. The fourth-order valence-electron chi connectivity index (χ4n) is 1.87. The average molecular weight is 370 g/mol. The maximum Gasteiger partial charge on any atom is 0.238 e. The minimum absolute atomic E-state index is 0.106. The fourth-order valence-corrected chi connectivity index (χ4v) is 2.74. The third kappa shape index (κ3) is 5.80. The zero-order chi connectivity index (χ0) is 16.9. The van der Waals surface area contributed by atoms with E-state index in [9.17, 15) is 8.42 Å². The lowest BCUT2D eigenvalue weighted by molar-refractivity contribution is 0.598. The van der Waals surface area contributed by atoms with E-state index in [-0.39, 0.29) is 4.90 Å². The van der Waals surface area contributed by atoms with Gasteiger partial charge in [-0.2, -0.15) is 0 Å². The average Bonchev–Trinajstić information content (AvgIpc) is 2.49. The van der Waals surface area contributed by atoms with Gasteiger partial charge in [-0.25, -0.2) is 13.6 Å². The molecule has 2 aromatic carbocycles. The summed E-state index contributed by atoms with van der Waals surface area (Å²) >= 11 is 11.0. The first-order chi connectivity index (χ1) is 10.8. The number of nitrogens with two attached hydrogens (primary N) is 1. The number of sulfonamides is 1. The number of thiocarbonyl (C=S) groups is 1. The predicted molar refractivity (Wildman–Crippen MR) is 97.2 cm³/mol. The summed E-state index contributed by atoms with van der Waals surface area (Å²) in [7, 11) is -3.65. The van der Waals surface area contributed by atoms with Crippen molar-refractivity contribution in [3.8, 4) is 0 Å². The Bertz CT molecular complexity index is 775. The molecule has 0 radical (unpaired) electrons. The molecule has 0 aromatic heterocycles. The zero-order valence-electron chi connectivity index (χ0n) is 12.1. The lowest BCUT2D eigenvalue weighted by Gasteiger charge is -2.10. The molecule has 0 heterocycles. The van der Waals surface area contributed by atoms with Crippen molar-refractivity contribution in [3.63, 3.8) is 0 Å². The van der Waals surface area contributed by atoms with Gasteiger partial charge in [0.25, 0.3) is 0 Å². The van der Waals surface area contributed by atoms with Gasteiger partial charge in [-0.05, 0) is 60.6 Å². The summed E-state index contributed by atoms with van der Waals surface area (Å²) in [6.07, 6.45) is 0.702. The number of anilines is 1. The van der Waals surface area contributed by atoms with Gasteiger partial charge in [-0.1, -0.05) is 23.7 Å². The van der Waals surface area contributed by atoms with Crippen LogP contribution in [0, 0.1) is 0 Å². The predicted octanol–water partition coefficient (Wildman–Crippen LogP) is 2.52. The van der Waals surface area contributed by atoms with Gasteiger partial charge in [-0.15, -0.1) is 0 Å². The van der Waals surface area contributed by atoms with E-state index in [0.29, 0.717) is 23.1 Å². The first-order valence-electron chi connectivity index (χ1n) is 6.77. The Kier molecular flexibility index (Phi) is 5.95. The number of benzene rings is 2. The molecule has 0 atom stereocenters. The molecular formula is C15H16ClN3O2S2. The summed E-state index contributed by atoms with van der Waals surface area (Å²) in [5.41, 5.74) is 1.84. The van der Waals surface area contributed by atoms with Crippen LogP contribution >= 0.6 is 23.8 Å². The fraction of sp³-hybridized carbons (Fsp3) is 0.133. The second-order valence-corrected chi connectivity index (χ2v) is 7.23. The highest BCUT2D eigenvalue weighted by molar-refractivity contribution is 7.89. The van der Waals surface area contributed by atoms with Gasteiger partial charge in [0.1, 0.15) is 0 Å². The summed E-state index contributed by atoms with van der Waals surface area (Å²) < 4.78 is 22.3. The molecule has 0 aliphatic heterocycles. The van der Waals surface area contributed by atoms with Crippen molar-refractivity contribution >= 4 is 44.6 Å². The van der Waals surface area contributed by atoms with Crippen molar-refractivity contribution in [2.24, 2.45) is 5.14 Å². The van der Waals surface area contributed by atoms with Crippen LogP contribution in [0.5, 0.6) is 0 Å². The van der Waals surface area contributed by atoms with Crippen molar-refractivity contribution in [3.05, 3.63) is 59.1 Å². The first-order valence-corrected chi connectivity index (χ1v) is 9.10. The lowest BCUT2D eigenvalue weighted by Crippen LogP contribution is -2.30. The normalized spacial score (nSPS) is 11.0. The highest BCUT2D eigenvalue weighted by Crippen LogP contribution is 2.13. The minimum atomic E-state index is -3.65. The Morgan fingerprint density at radius 1 is 1.09 bits per heavy atom. The SMILES string of the molecule is NS(=O)(=O)c1ccc(CCNC(=S)Nc2ccc(Cl)cc2)cc1. The third-order valence-corrected chi connectivity index (χ3v) is 4.48. The molecule has 8 heteroatoms. The molecule has 2 aromatic rings. The highest BCUT2D eigenvalue weighted by atomic mass is 35.5. The summed E-state index contributed by atoms with van der Waals surface area (Å²) in [6.45, 7) is 0.619. The smallest absolute Gasteiger partial charge is 0.238 e. The van der Waals surface area contributed by atoms with E-state index >= 15 is 0 Å². The first kappa shape index (κ1) is 17.7. The van der Waals surface area contributed by atoms with Crippen LogP contribution in [-0.2, 0) is 16.4 Å². The Morgan fingerprint density at radius 2 is 1.70 bits per heavy atom. The summed E-state index contributed by atoms with van der Waals surface area (Å²) in [5.74, 6) is 0. The summed E-state index contributed by atoms with van der Waals surface area (Å²) in [5, 5.41) is 12.4. The van der Waals surface area contributed by atoms with E-state index in [1.54, 1.807) is 24.3 Å². The summed E-state index contributed by atoms with van der Waals surface area (Å²) in [4.78, 5) is 0.106. The van der Waals surface area contributed by atoms with Crippen LogP contribution < -0.4 is 15.8 Å². The molecule has 122 valence electrons. The van der Waals surface area contributed by atoms with Gasteiger partial charge in [0.05, 0.1) is 4.90 Å². The third-order valence-electron chi connectivity index (χ3n) is 3.05. The molecule has 2 rings (SSSR count). The molecule has 0 amide bonds. The van der Waals surface area contributed by atoms with E-state index < -0.39 is 10.0 Å². The molecule has 0 saturated heterocycles. The van der Waals surface area contributed by atoms with Gasteiger partial charge in [0.15, 0.2) is 5.11 Å². The van der Waals surface area contributed by atoms with Gasteiger partial charge >= 0.3 is 0 Å². The number of nitrogens with one attached hydrogen (secondary N) is 2. The molecule has 0 bridgehead atoms. The monoisotopic (exact) mass is 369 g/mol. The van der Waals surface area contributed by atoms with Crippen LogP contribution in [0.25, 0.3) is 0 Å². The second-order valence-electron chi connectivity index (χ2n) is 4.83. The van der Waals surface area contributed by atoms with E-state index in [4.69, 9.17) is 29.0 Å². The Hall–Kier alpha value is -1.67. The van der Waals surface area contributed by atoms with Crippen LogP contribution in [0.15, 0.2) is 53.4 Å². The van der Waals surface area contributed by atoms with Crippen LogP contribution in [0.3, 0.4) is 0 Å². The van der Waals surface area contributed by atoms with E-state index in [1.807, 2.05) is 12.1 Å². The Morgan fingerprint density at radius 3 is 2.26 bits per heavy atom. The largest absolute Gasteiger partial charge is 0.362 e. The molecule has 4 N–H and O–H groups in total. The van der Waals surface area contributed by atoms with Crippen molar-refractivity contribution in [2.75, 3.05) is 11.9 Å². The number of hydrogen-bond donors (Lipinski definition) is 3. The quantitative estimate of drug-likeness (QED) is 0.705. The van der Waals surface area contributed by atoms with E-state index in [2.05, 4.69) is 10.6 Å². The topological polar surface area (TPSA) is 84.2 Å². The van der Waals surface area contributed by atoms with Crippen molar-refractivity contribution < 1.29 is 8.42 Å². The van der Waals surface area contributed by atoms with Gasteiger partial charge in [0.2, 0.25) is 10.0 Å². The van der Waals surface area contributed by atoms with Crippen LogP contribution in [0.4, 0.5) is 5.69 Å². The molecule has 0 aliphatic carbocycles. The maximum absolute atomic E-state index is 11.2. The molecule has 0 saturated carbocycles. The number of rotatable bonds is 5. The maximum atomic E-state index is 11.2. The standard InChI is InChI=1S/C15H16ClN3O2S2/c16-12-3-5-13(6-4-12)19-15(22)18-10-9-11-1-7-14(8-2-11)23(17,20)21/h1-8H,9-10H2,(H2,17,20,21)(H2,18,19,22). The number of hydrogen-bond acceptors (Lipinski definition) is 3. The highest BCUT2D eigenvalue weighted by Gasteiger charge is 2.06. The molecule has 0 fully saturated rings. The van der Waals surface area contributed by atoms with Crippen LogP contribution in [0.1, 0.15) is 5.56 Å². The van der Waals surface area contributed by atoms with E-state index in [1.165, 1.54) is 12.1 Å². The van der Waals surface area contributed by atoms with Crippen molar-refractivity contribution in [2.45, 2.75) is 11.3 Å². The zero-order valence-corrected chi connectivity index (χ0v) is 14.5. The number of primary sulfonamides is 1. The van der Waals surface area contributed by atoms with Gasteiger partial charge in [0, 0.05) is 17.3 Å². The molecule has 0 spiro atoms. The molecule has 0 unspecified atom stereocenters. The number of halogens is 1. The molecular weight excluding hydrogens is 354 g/mol. The molecule has 5 nitrogen and oxygen atoms in total. The van der Waals surface area contributed by atoms with Gasteiger partial charge < -0.3 is 10.6 Å². The van der Waals surface area contributed by atoms with Crippen LogP contribution in [0.2, 0.25) is 5.02 Å². The van der Waals surface area contributed by atoms with Crippen LogP contribution in [-0.4, -0.2) is 20.1 Å². The Balaban J connectivity index is 1.80. The van der Waals surface area contributed by atoms with E-state index in [0.717, 1.165) is 11.3 Å². The molecule has 0 aliphatic rings. The Labute approximate surface area is 145 Å². The second kappa shape index (κ2) is 7.74. The van der Waals surface area contributed by atoms with Crippen molar-refractivity contribution in [1.29, 1.82) is 0 Å².